The fourth-order valence-electron chi connectivity index (χ4n) is 2.86. The van der Waals surface area contributed by atoms with Crippen LogP contribution in [-0.2, 0) is 9.16 Å². The summed E-state index contributed by atoms with van der Waals surface area (Å²) in [6, 6.07) is 0. The highest BCUT2D eigenvalue weighted by Crippen LogP contribution is 2.44. The minimum atomic E-state index is -1.32. The first-order chi connectivity index (χ1) is 10.2. The molecular formula is C17H33NO3Si. The molecule has 22 heavy (non-hydrogen) atoms. The van der Waals surface area contributed by atoms with Crippen LogP contribution in [-0.4, -0.2) is 38.9 Å². The summed E-state index contributed by atoms with van der Waals surface area (Å²) in [5, 5.41) is 0. The number of ether oxygens (including phenoxy) is 1. The summed E-state index contributed by atoms with van der Waals surface area (Å²) >= 11 is 0. The van der Waals surface area contributed by atoms with Gasteiger partial charge in [-0.25, -0.2) is 4.79 Å². The number of carbonyl (C=O) groups is 1. The maximum atomic E-state index is 12.5. The molecule has 1 aliphatic rings. The molecule has 128 valence electrons. The van der Waals surface area contributed by atoms with Crippen LogP contribution in [0.25, 0.3) is 0 Å². The monoisotopic (exact) mass is 327 g/mol. The summed E-state index contributed by atoms with van der Waals surface area (Å²) in [5.74, 6) is 0.372. The molecule has 2 atom stereocenters. The van der Waals surface area contributed by atoms with E-state index in [-0.39, 0.29) is 11.5 Å². The van der Waals surface area contributed by atoms with Crippen molar-refractivity contribution in [3.05, 3.63) is 12.7 Å². The molecule has 5 heteroatoms. The Bertz CT molecular complexity index is 392. The largest absolute Gasteiger partial charge is 0.449 e. The molecule has 0 spiro atoms. The molecule has 1 aliphatic heterocycles. The topological polar surface area (TPSA) is 38.8 Å². The van der Waals surface area contributed by atoms with Crippen molar-refractivity contribution in [2.75, 3.05) is 13.2 Å². The van der Waals surface area contributed by atoms with Crippen molar-refractivity contribution in [2.24, 2.45) is 11.3 Å². The van der Waals surface area contributed by atoms with E-state index in [4.69, 9.17) is 9.16 Å². The van der Waals surface area contributed by atoms with Gasteiger partial charge >= 0.3 is 6.09 Å². The van der Waals surface area contributed by atoms with Crippen molar-refractivity contribution < 1.29 is 14.0 Å². The van der Waals surface area contributed by atoms with Gasteiger partial charge in [0.15, 0.2) is 14.8 Å². The van der Waals surface area contributed by atoms with E-state index >= 15 is 0 Å². The van der Waals surface area contributed by atoms with Gasteiger partial charge in [0.2, 0.25) is 0 Å². The fraction of sp³-hybridized carbons (Fsp3) is 0.824. The lowest BCUT2D eigenvalue weighted by Crippen LogP contribution is -2.50. The van der Waals surface area contributed by atoms with Crippen molar-refractivity contribution in [3.8, 4) is 0 Å². The van der Waals surface area contributed by atoms with E-state index in [9.17, 15) is 4.79 Å². The number of likely N-dealkylation sites (tertiary alicyclic amines) is 1. The molecule has 0 bridgehead atoms. The van der Waals surface area contributed by atoms with Crippen LogP contribution in [0, 0.1) is 11.3 Å². The van der Waals surface area contributed by atoms with Gasteiger partial charge in [0.25, 0.3) is 0 Å². The highest BCUT2D eigenvalue weighted by Gasteiger charge is 2.51. The minimum absolute atomic E-state index is 0.120. The molecule has 1 rings (SSSR count). The lowest BCUT2D eigenvalue weighted by molar-refractivity contribution is -0.0154. The Kier molecular flexibility index (Phi) is 6.68. The molecule has 0 N–H and O–H groups in total. The molecule has 1 saturated heterocycles. The summed E-state index contributed by atoms with van der Waals surface area (Å²) in [4.78, 5) is 14.3. The quantitative estimate of drug-likeness (QED) is 0.417. The Hall–Kier alpha value is -0.813. The third kappa shape index (κ3) is 4.59. The van der Waals surface area contributed by atoms with Crippen LogP contribution in [0.2, 0.25) is 13.1 Å². The van der Waals surface area contributed by atoms with Gasteiger partial charge in [0, 0.05) is 13.0 Å². The second kappa shape index (κ2) is 7.64. The Morgan fingerprint density at radius 1 is 1.45 bits per heavy atom. The Morgan fingerprint density at radius 3 is 2.55 bits per heavy atom. The molecule has 0 saturated carbocycles. The molecule has 0 aromatic heterocycles. The zero-order chi connectivity index (χ0) is 17.0. The summed E-state index contributed by atoms with van der Waals surface area (Å²) < 4.78 is 11.7. The van der Waals surface area contributed by atoms with Gasteiger partial charge in [-0.3, -0.25) is 4.90 Å². The number of unbranched alkanes of at least 4 members (excludes halogenated alkanes) is 1. The minimum Gasteiger partial charge on any atom is -0.449 e. The Morgan fingerprint density at radius 2 is 2.09 bits per heavy atom. The highest BCUT2D eigenvalue weighted by atomic mass is 28.3. The van der Waals surface area contributed by atoms with Crippen molar-refractivity contribution in [3.63, 3.8) is 0 Å². The van der Waals surface area contributed by atoms with Crippen LogP contribution in [0.4, 0.5) is 4.79 Å². The van der Waals surface area contributed by atoms with E-state index in [1.165, 1.54) is 0 Å². The van der Waals surface area contributed by atoms with Gasteiger partial charge < -0.3 is 9.16 Å². The van der Waals surface area contributed by atoms with Gasteiger partial charge in [0.05, 0.1) is 6.61 Å². The number of hydrogen-bond donors (Lipinski definition) is 0. The molecule has 0 unspecified atom stereocenters. The maximum Gasteiger partial charge on any atom is 0.412 e. The van der Waals surface area contributed by atoms with Crippen LogP contribution in [0.1, 0.15) is 47.0 Å². The van der Waals surface area contributed by atoms with Crippen LogP contribution in [0.15, 0.2) is 12.7 Å². The average Bonchev–Trinajstić information content (AvgIpc) is 2.78. The molecule has 0 radical (unpaired) electrons. The van der Waals surface area contributed by atoms with Gasteiger partial charge in [-0.05, 0) is 36.9 Å². The summed E-state index contributed by atoms with van der Waals surface area (Å²) in [5.41, 5.74) is -0.573. The van der Waals surface area contributed by atoms with E-state index < -0.39 is 14.8 Å². The number of amides is 1. The van der Waals surface area contributed by atoms with Crippen molar-refractivity contribution in [1.82, 2.24) is 4.90 Å². The number of rotatable bonds is 6. The lowest BCUT2D eigenvalue weighted by atomic mass is 9.79. The predicted molar refractivity (Wildman–Crippen MR) is 93.4 cm³/mol. The second-order valence-corrected chi connectivity index (χ2v) is 9.89. The van der Waals surface area contributed by atoms with Crippen molar-refractivity contribution in [2.45, 2.75) is 65.8 Å². The predicted octanol–water partition coefficient (Wildman–Crippen LogP) is 4.17. The third-order valence-corrected chi connectivity index (χ3v) is 5.21. The summed E-state index contributed by atoms with van der Waals surface area (Å²) in [6.07, 6.45) is 4.24. The molecule has 0 aromatic carbocycles. The lowest BCUT2D eigenvalue weighted by Gasteiger charge is -2.36. The zero-order valence-corrected chi connectivity index (χ0v) is 16.3. The van der Waals surface area contributed by atoms with Crippen LogP contribution in [0.3, 0.4) is 0 Å². The maximum absolute atomic E-state index is 12.5. The molecule has 1 amide bonds. The number of nitrogens with zero attached hydrogens (tertiary/aromatic N) is 1. The highest BCUT2D eigenvalue weighted by molar-refractivity contribution is 6.48. The third-order valence-electron chi connectivity index (χ3n) is 4.33. The molecule has 1 heterocycles. The Labute approximate surface area is 137 Å². The SMILES string of the molecule is C=C[C@@]1(O[SiH](C)C)C[C@H](C(C)(C)C)CN1C(=O)OCCCC. The van der Waals surface area contributed by atoms with Crippen molar-refractivity contribution >= 4 is 15.1 Å². The second-order valence-electron chi connectivity index (χ2n) is 7.56. The van der Waals surface area contributed by atoms with E-state index in [1.54, 1.807) is 11.0 Å². The summed E-state index contributed by atoms with van der Waals surface area (Å²) in [7, 11) is -1.32. The van der Waals surface area contributed by atoms with Gasteiger partial charge in [-0.15, -0.1) is 0 Å². The van der Waals surface area contributed by atoms with Crippen LogP contribution in [0.5, 0.6) is 0 Å². The average molecular weight is 328 g/mol. The molecule has 4 nitrogen and oxygen atoms in total. The normalized spacial score (nSPS) is 25.6. The van der Waals surface area contributed by atoms with Crippen molar-refractivity contribution in [1.29, 1.82) is 0 Å². The van der Waals surface area contributed by atoms with E-state index in [0.29, 0.717) is 19.1 Å². The van der Waals surface area contributed by atoms with Gasteiger partial charge in [0.1, 0.15) is 0 Å². The van der Waals surface area contributed by atoms with E-state index in [1.807, 2.05) is 0 Å². The standard InChI is InChI=1S/C17H33NO3Si/c1-8-10-11-20-15(19)18-13-14(16(3,4)5)12-17(18,9-2)21-22(6)7/h9,14,22H,2,8,10-13H2,1,3-7H3/t14-,17+/m0/s1. The number of carbonyl (C=O) groups excluding carboxylic acids is 1. The number of hydrogen-bond acceptors (Lipinski definition) is 3. The molecule has 0 aliphatic carbocycles. The van der Waals surface area contributed by atoms with E-state index in [0.717, 1.165) is 19.3 Å². The smallest absolute Gasteiger partial charge is 0.412 e. The first kappa shape index (κ1) is 19.2. The molecule has 0 aromatic rings. The molecule has 1 fully saturated rings. The van der Waals surface area contributed by atoms with E-state index in [2.05, 4.69) is 47.4 Å². The Balaban J connectivity index is 2.96. The van der Waals surface area contributed by atoms with Crippen LogP contribution >= 0.6 is 0 Å². The van der Waals surface area contributed by atoms with Crippen LogP contribution < -0.4 is 0 Å². The zero-order valence-electron chi connectivity index (χ0n) is 15.1. The summed E-state index contributed by atoms with van der Waals surface area (Å²) in [6.45, 7) is 18.1. The first-order valence-electron chi connectivity index (χ1n) is 8.42. The van der Waals surface area contributed by atoms with Gasteiger partial charge in [-0.1, -0.05) is 40.7 Å². The van der Waals surface area contributed by atoms with Gasteiger partial charge in [-0.2, -0.15) is 0 Å². The molecular weight excluding hydrogens is 294 g/mol. The first-order valence-corrected chi connectivity index (χ1v) is 11.2. The fourth-order valence-corrected chi connectivity index (χ4v) is 3.99.